The Bertz CT molecular complexity index is 553. The second-order valence-corrected chi connectivity index (χ2v) is 4.54. The molecule has 0 aliphatic carbocycles. The van der Waals surface area contributed by atoms with Crippen LogP contribution in [0.2, 0.25) is 0 Å². The number of fused-ring (bicyclic) bond motifs is 1. The monoisotopic (exact) mass is 264 g/mol. The van der Waals surface area contributed by atoms with Crippen LogP contribution < -0.4 is 14.2 Å². The van der Waals surface area contributed by atoms with Crippen molar-refractivity contribution in [1.29, 1.82) is 0 Å². The summed E-state index contributed by atoms with van der Waals surface area (Å²) in [4.78, 5) is 11.7. The van der Waals surface area contributed by atoms with Gasteiger partial charge in [-0.3, -0.25) is 0 Å². The van der Waals surface area contributed by atoms with Gasteiger partial charge in [0.25, 0.3) is 0 Å². The smallest absolute Gasteiger partial charge is 0.379 e. The van der Waals surface area contributed by atoms with Crippen molar-refractivity contribution in [2.24, 2.45) is 0 Å². The molecular weight excluding hydrogens is 248 g/mol. The standard InChI is InChI=1S/C14H16O5/c1-7(2)13-14(16)19-11-5-9(8(3)15)10(17-4)6-12(11)18-13/h5-6,8,15H,1-4H3/t8-/m1/s1. The number of carbonyl (C=O) groups excluding carboxylic acids is 1. The van der Waals surface area contributed by atoms with Gasteiger partial charge in [-0.05, 0) is 32.4 Å². The van der Waals surface area contributed by atoms with E-state index in [1.807, 2.05) is 0 Å². The van der Waals surface area contributed by atoms with Crippen LogP contribution in [0.4, 0.5) is 0 Å². The molecule has 1 heterocycles. The van der Waals surface area contributed by atoms with Crippen molar-refractivity contribution in [2.75, 3.05) is 7.11 Å². The summed E-state index contributed by atoms with van der Waals surface area (Å²) in [6.07, 6.45) is -0.733. The molecule has 0 radical (unpaired) electrons. The summed E-state index contributed by atoms with van der Waals surface area (Å²) >= 11 is 0. The predicted octanol–water partition coefficient (Wildman–Crippen LogP) is 2.34. The van der Waals surface area contributed by atoms with Gasteiger partial charge in [-0.15, -0.1) is 0 Å². The van der Waals surface area contributed by atoms with Gasteiger partial charge in [-0.2, -0.15) is 0 Å². The highest BCUT2D eigenvalue weighted by Gasteiger charge is 2.27. The number of benzene rings is 1. The largest absolute Gasteiger partial charge is 0.496 e. The molecule has 1 aliphatic rings. The first kappa shape index (κ1) is 13.4. The van der Waals surface area contributed by atoms with Crippen molar-refractivity contribution < 1.29 is 24.1 Å². The molecule has 0 aromatic heterocycles. The topological polar surface area (TPSA) is 65.0 Å². The molecule has 102 valence electrons. The molecule has 1 N–H and O–H groups in total. The predicted molar refractivity (Wildman–Crippen MR) is 68.3 cm³/mol. The molecule has 0 saturated heterocycles. The number of hydrogen-bond acceptors (Lipinski definition) is 5. The summed E-state index contributed by atoms with van der Waals surface area (Å²) < 4.78 is 15.9. The number of carbonyl (C=O) groups is 1. The number of hydrogen-bond donors (Lipinski definition) is 1. The molecule has 0 spiro atoms. The third kappa shape index (κ3) is 2.42. The Morgan fingerprint density at radius 2 is 1.89 bits per heavy atom. The van der Waals surface area contributed by atoms with Gasteiger partial charge in [0.1, 0.15) is 5.75 Å². The highest BCUT2D eigenvalue weighted by Crippen LogP contribution is 2.41. The maximum Gasteiger partial charge on any atom is 0.379 e. The van der Waals surface area contributed by atoms with Crippen LogP contribution in [0.1, 0.15) is 32.4 Å². The van der Waals surface area contributed by atoms with Gasteiger partial charge in [0.05, 0.1) is 13.2 Å². The first-order valence-corrected chi connectivity index (χ1v) is 5.91. The molecule has 0 unspecified atom stereocenters. The summed E-state index contributed by atoms with van der Waals surface area (Å²) in [5, 5.41) is 9.67. The van der Waals surface area contributed by atoms with E-state index in [0.717, 1.165) is 5.57 Å². The van der Waals surface area contributed by atoms with Crippen LogP contribution in [0.5, 0.6) is 17.2 Å². The molecular formula is C14H16O5. The van der Waals surface area contributed by atoms with Crippen molar-refractivity contribution >= 4 is 5.97 Å². The van der Waals surface area contributed by atoms with Crippen molar-refractivity contribution in [3.05, 3.63) is 29.0 Å². The van der Waals surface area contributed by atoms with Gasteiger partial charge in [0.2, 0.25) is 5.76 Å². The van der Waals surface area contributed by atoms with Gasteiger partial charge < -0.3 is 19.3 Å². The van der Waals surface area contributed by atoms with Crippen LogP contribution in [-0.4, -0.2) is 18.2 Å². The molecule has 0 saturated carbocycles. The zero-order chi connectivity index (χ0) is 14.2. The van der Waals surface area contributed by atoms with Crippen LogP contribution in [0.15, 0.2) is 23.5 Å². The van der Waals surface area contributed by atoms with E-state index < -0.39 is 12.1 Å². The van der Waals surface area contributed by atoms with E-state index in [4.69, 9.17) is 14.2 Å². The maximum absolute atomic E-state index is 11.7. The van der Waals surface area contributed by atoms with Crippen LogP contribution in [-0.2, 0) is 4.79 Å². The van der Waals surface area contributed by atoms with Crippen molar-refractivity contribution in [1.82, 2.24) is 0 Å². The van der Waals surface area contributed by atoms with Gasteiger partial charge in [0, 0.05) is 11.6 Å². The van der Waals surface area contributed by atoms with Crippen molar-refractivity contribution in [3.8, 4) is 17.2 Å². The SMILES string of the molecule is COc1cc2c(cc1[C@@H](C)O)OC(=O)C(=C(C)C)O2. The maximum atomic E-state index is 11.7. The molecule has 1 aromatic carbocycles. The molecule has 5 nitrogen and oxygen atoms in total. The van der Waals surface area contributed by atoms with Gasteiger partial charge in [0.15, 0.2) is 11.5 Å². The quantitative estimate of drug-likeness (QED) is 0.504. The van der Waals surface area contributed by atoms with E-state index >= 15 is 0 Å². The normalized spacial score (nSPS) is 15.2. The lowest BCUT2D eigenvalue weighted by atomic mass is 10.1. The third-order valence-electron chi connectivity index (χ3n) is 2.80. The molecule has 5 heteroatoms. The zero-order valence-electron chi connectivity index (χ0n) is 11.3. The van der Waals surface area contributed by atoms with Gasteiger partial charge in [-0.25, -0.2) is 4.79 Å². The third-order valence-corrected chi connectivity index (χ3v) is 2.80. The first-order valence-electron chi connectivity index (χ1n) is 5.91. The Balaban J connectivity index is 2.53. The number of allylic oxidation sites excluding steroid dienone is 1. The van der Waals surface area contributed by atoms with Crippen LogP contribution in [0.3, 0.4) is 0 Å². The van der Waals surface area contributed by atoms with Crippen LogP contribution >= 0.6 is 0 Å². The van der Waals surface area contributed by atoms with E-state index in [1.54, 1.807) is 32.9 Å². The number of aliphatic hydroxyl groups is 1. The van der Waals surface area contributed by atoms with E-state index in [0.29, 0.717) is 17.1 Å². The van der Waals surface area contributed by atoms with E-state index in [-0.39, 0.29) is 11.5 Å². The Morgan fingerprint density at radius 3 is 2.42 bits per heavy atom. The second-order valence-electron chi connectivity index (χ2n) is 4.54. The summed E-state index contributed by atoms with van der Waals surface area (Å²) in [7, 11) is 1.50. The minimum Gasteiger partial charge on any atom is -0.496 e. The molecule has 0 fully saturated rings. The van der Waals surface area contributed by atoms with E-state index in [9.17, 15) is 9.90 Å². The fourth-order valence-electron chi connectivity index (χ4n) is 1.82. The number of aliphatic hydroxyl groups excluding tert-OH is 1. The summed E-state index contributed by atoms with van der Waals surface area (Å²) in [5.74, 6) is 0.817. The fraction of sp³-hybridized carbons (Fsp3) is 0.357. The summed E-state index contributed by atoms with van der Waals surface area (Å²) in [6, 6.07) is 3.16. The van der Waals surface area contributed by atoms with E-state index in [1.165, 1.54) is 7.11 Å². The first-order chi connectivity index (χ1) is 8.93. The van der Waals surface area contributed by atoms with Crippen molar-refractivity contribution in [3.63, 3.8) is 0 Å². The average molecular weight is 264 g/mol. The Hall–Kier alpha value is -2.01. The van der Waals surface area contributed by atoms with E-state index in [2.05, 4.69) is 0 Å². The Morgan fingerprint density at radius 1 is 1.26 bits per heavy atom. The fourth-order valence-corrected chi connectivity index (χ4v) is 1.82. The number of rotatable bonds is 2. The molecule has 1 aromatic rings. The summed E-state index contributed by atoms with van der Waals surface area (Å²) in [5.41, 5.74) is 1.27. The molecule has 2 rings (SSSR count). The van der Waals surface area contributed by atoms with Crippen molar-refractivity contribution in [2.45, 2.75) is 26.9 Å². The lowest BCUT2D eigenvalue weighted by molar-refractivity contribution is -0.134. The van der Waals surface area contributed by atoms with Gasteiger partial charge in [-0.1, -0.05) is 0 Å². The Kier molecular flexibility index (Phi) is 3.48. The highest BCUT2D eigenvalue weighted by molar-refractivity contribution is 5.91. The lowest BCUT2D eigenvalue weighted by Gasteiger charge is -2.22. The van der Waals surface area contributed by atoms with Crippen LogP contribution in [0.25, 0.3) is 0 Å². The highest BCUT2D eigenvalue weighted by atomic mass is 16.6. The zero-order valence-corrected chi connectivity index (χ0v) is 11.3. The Labute approximate surface area is 111 Å². The summed E-state index contributed by atoms with van der Waals surface area (Å²) in [6.45, 7) is 5.14. The molecule has 1 aliphatic heterocycles. The van der Waals surface area contributed by atoms with Gasteiger partial charge >= 0.3 is 5.97 Å². The second kappa shape index (κ2) is 4.93. The number of methoxy groups -OCH3 is 1. The van der Waals surface area contributed by atoms with Crippen LogP contribution in [0, 0.1) is 0 Å². The average Bonchev–Trinajstić information content (AvgIpc) is 2.35. The molecule has 0 amide bonds. The molecule has 1 atom stereocenters. The lowest BCUT2D eigenvalue weighted by Crippen LogP contribution is -2.22. The minimum atomic E-state index is -0.733. The molecule has 0 bridgehead atoms. The molecule has 19 heavy (non-hydrogen) atoms. The number of esters is 1. The number of ether oxygens (including phenoxy) is 3. The minimum absolute atomic E-state index is 0.180.